The molecule has 0 aliphatic carbocycles. The van der Waals surface area contributed by atoms with E-state index < -0.39 is 0 Å². The van der Waals surface area contributed by atoms with Crippen LogP contribution in [0.15, 0.2) is 47.2 Å². The van der Waals surface area contributed by atoms with Gasteiger partial charge in [-0.05, 0) is 29.8 Å². The number of aromatic nitrogens is 1. The zero-order chi connectivity index (χ0) is 15.4. The summed E-state index contributed by atoms with van der Waals surface area (Å²) in [4.78, 5) is 6.79. The minimum absolute atomic E-state index is 0.156. The number of methoxy groups -OCH3 is 1. The van der Waals surface area contributed by atoms with Gasteiger partial charge in [-0.25, -0.2) is 0 Å². The van der Waals surface area contributed by atoms with Crippen molar-refractivity contribution in [3.63, 3.8) is 0 Å². The smallest absolute Gasteiger partial charge is 0.124 e. The molecule has 1 aliphatic rings. The van der Waals surface area contributed by atoms with Gasteiger partial charge < -0.3 is 10.1 Å². The highest BCUT2D eigenvalue weighted by Crippen LogP contribution is 2.36. The zero-order valence-corrected chi connectivity index (χ0v) is 14.2. The Hall–Kier alpha value is -1.43. The van der Waals surface area contributed by atoms with Crippen molar-refractivity contribution in [2.24, 2.45) is 0 Å². The molecule has 5 heteroatoms. The standard InChI is InChI=1S/C17H20BrN3O/c1-22-16-5-4-14(18)11-15(16)17(13-3-2-6-20-12-13)21-9-7-19-8-10-21/h2-6,11-12,17,19H,7-10H2,1H3. The Bertz CT molecular complexity index is 615. The fraction of sp³-hybridized carbons (Fsp3) is 0.353. The summed E-state index contributed by atoms with van der Waals surface area (Å²) in [7, 11) is 1.73. The first-order valence-electron chi connectivity index (χ1n) is 7.47. The van der Waals surface area contributed by atoms with Crippen LogP contribution in [0.2, 0.25) is 0 Å². The second kappa shape index (κ2) is 7.22. The van der Waals surface area contributed by atoms with Gasteiger partial charge in [0.2, 0.25) is 0 Å². The van der Waals surface area contributed by atoms with Gasteiger partial charge >= 0.3 is 0 Å². The summed E-state index contributed by atoms with van der Waals surface area (Å²) in [5.41, 5.74) is 2.37. The minimum atomic E-state index is 0.156. The van der Waals surface area contributed by atoms with Crippen LogP contribution in [0, 0.1) is 0 Å². The summed E-state index contributed by atoms with van der Waals surface area (Å²) in [5.74, 6) is 0.913. The van der Waals surface area contributed by atoms with E-state index in [0.29, 0.717) is 0 Å². The number of rotatable bonds is 4. The molecule has 1 aliphatic heterocycles. The lowest BCUT2D eigenvalue weighted by molar-refractivity contribution is 0.195. The molecule has 0 bridgehead atoms. The molecule has 4 nitrogen and oxygen atoms in total. The van der Waals surface area contributed by atoms with Gasteiger partial charge in [-0.3, -0.25) is 9.88 Å². The summed E-state index contributed by atoms with van der Waals surface area (Å²) in [6.45, 7) is 4.03. The Morgan fingerprint density at radius 1 is 1.27 bits per heavy atom. The molecular weight excluding hydrogens is 342 g/mol. The largest absolute Gasteiger partial charge is 0.496 e. The Labute approximate surface area is 139 Å². The lowest BCUT2D eigenvalue weighted by Crippen LogP contribution is -2.45. The van der Waals surface area contributed by atoms with E-state index in [0.717, 1.165) is 36.4 Å². The molecule has 1 aromatic carbocycles. The lowest BCUT2D eigenvalue weighted by atomic mass is 9.97. The quantitative estimate of drug-likeness (QED) is 0.908. The van der Waals surface area contributed by atoms with Gasteiger partial charge in [0.1, 0.15) is 5.75 Å². The van der Waals surface area contributed by atoms with Gasteiger partial charge in [0, 0.05) is 48.6 Å². The molecule has 0 spiro atoms. The molecule has 1 N–H and O–H groups in total. The number of piperazine rings is 1. The molecule has 0 saturated carbocycles. The SMILES string of the molecule is COc1ccc(Br)cc1C(c1cccnc1)N1CCNCC1. The van der Waals surface area contributed by atoms with Gasteiger partial charge in [-0.1, -0.05) is 22.0 Å². The van der Waals surface area contributed by atoms with Crippen LogP contribution in [-0.2, 0) is 0 Å². The van der Waals surface area contributed by atoms with Crippen molar-refractivity contribution in [3.8, 4) is 5.75 Å². The van der Waals surface area contributed by atoms with E-state index in [1.165, 1.54) is 11.1 Å². The lowest BCUT2D eigenvalue weighted by Gasteiger charge is -2.36. The van der Waals surface area contributed by atoms with Crippen molar-refractivity contribution in [1.82, 2.24) is 15.2 Å². The van der Waals surface area contributed by atoms with Crippen molar-refractivity contribution >= 4 is 15.9 Å². The van der Waals surface area contributed by atoms with Crippen molar-refractivity contribution in [1.29, 1.82) is 0 Å². The van der Waals surface area contributed by atoms with Crippen LogP contribution < -0.4 is 10.1 Å². The Kier molecular flexibility index (Phi) is 5.08. The van der Waals surface area contributed by atoms with E-state index in [1.54, 1.807) is 7.11 Å². The summed E-state index contributed by atoms with van der Waals surface area (Å²) < 4.78 is 6.67. The van der Waals surface area contributed by atoms with E-state index in [1.807, 2.05) is 30.6 Å². The van der Waals surface area contributed by atoms with Crippen LogP contribution in [0.4, 0.5) is 0 Å². The monoisotopic (exact) mass is 361 g/mol. The summed E-state index contributed by atoms with van der Waals surface area (Å²) >= 11 is 3.59. The van der Waals surface area contributed by atoms with Crippen LogP contribution in [0.3, 0.4) is 0 Å². The van der Waals surface area contributed by atoms with Gasteiger partial charge in [-0.2, -0.15) is 0 Å². The number of halogens is 1. The van der Waals surface area contributed by atoms with E-state index in [-0.39, 0.29) is 6.04 Å². The molecule has 2 heterocycles. The Morgan fingerprint density at radius 2 is 2.09 bits per heavy atom. The van der Waals surface area contributed by atoms with E-state index in [2.05, 4.69) is 43.3 Å². The first-order valence-corrected chi connectivity index (χ1v) is 8.27. The molecule has 22 heavy (non-hydrogen) atoms. The van der Waals surface area contributed by atoms with E-state index in [4.69, 9.17) is 4.74 Å². The number of hydrogen-bond donors (Lipinski definition) is 1. The van der Waals surface area contributed by atoms with Crippen LogP contribution in [-0.4, -0.2) is 43.2 Å². The summed E-state index contributed by atoms with van der Waals surface area (Å²) in [5, 5.41) is 3.41. The molecular formula is C17H20BrN3O. The number of ether oxygens (including phenoxy) is 1. The third-order valence-corrected chi connectivity index (χ3v) is 4.50. The van der Waals surface area contributed by atoms with Gasteiger partial charge in [0.25, 0.3) is 0 Å². The molecule has 2 aromatic rings. The van der Waals surface area contributed by atoms with Crippen molar-refractivity contribution in [2.75, 3.05) is 33.3 Å². The average Bonchev–Trinajstić information content (AvgIpc) is 2.57. The van der Waals surface area contributed by atoms with Crippen molar-refractivity contribution < 1.29 is 4.74 Å². The topological polar surface area (TPSA) is 37.4 Å². The maximum Gasteiger partial charge on any atom is 0.124 e. The third kappa shape index (κ3) is 3.32. The van der Waals surface area contributed by atoms with Gasteiger partial charge in [0.05, 0.1) is 13.2 Å². The molecule has 0 radical (unpaired) electrons. The number of hydrogen-bond acceptors (Lipinski definition) is 4. The predicted octanol–water partition coefficient (Wildman–Crippen LogP) is 2.85. The number of nitrogens with one attached hydrogen (secondary N) is 1. The van der Waals surface area contributed by atoms with Crippen LogP contribution in [0.1, 0.15) is 17.2 Å². The minimum Gasteiger partial charge on any atom is -0.496 e. The number of pyridine rings is 1. The molecule has 0 amide bonds. The van der Waals surface area contributed by atoms with Crippen molar-refractivity contribution in [3.05, 3.63) is 58.3 Å². The maximum atomic E-state index is 5.61. The number of nitrogens with zero attached hydrogens (tertiary/aromatic N) is 2. The first kappa shape index (κ1) is 15.5. The Balaban J connectivity index is 2.07. The normalized spacial score (nSPS) is 17.2. The zero-order valence-electron chi connectivity index (χ0n) is 12.6. The molecule has 1 fully saturated rings. The van der Waals surface area contributed by atoms with Crippen LogP contribution in [0.5, 0.6) is 5.75 Å². The molecule has 1 saturated heterocycles. The van der Waals surface area contributed by atoms with Crippen LogP contribution in [0.25, 0.3) is 0 Å². The van der Waals surface area contributed by atoms with E-state index in [9.17, 15) is 0 Å². The second-order valence-electron chi connectivity index (χ2n) is 5.36. The highest BCUT2D eigenvalue weighted by molar-refractivity contribution is 9.10. The fourth-order valence-corrected chi connectivity index (χ4v) is 3.36. The van der Waals surface area contributed by atoms with Gasteiger partial charge in [-0.15, -0.1) is 0 Å². The fourth-order valence-electron chi connectivity index (χ4n) is 2.98. The third-order valence-electron chi connectivity index (χ3n) is 4.00. The highest BCUT2D eigenvalue weighted by atomic mass is 79.9. The Morgan fingerprint density at radius 3 is 2.77 bits per heavy atom. The molecule has 1 aromatic heterocycles. The van der Waals surface area contributed by atoms with E-state index >= 15 is 0 Å². The highest BCUT2D eigenvalue weighted by Gasteiger charge is 2.26. The second-order valence-corrected chi connectivity index (χ2v) is 6.28. The van der Waals surface area contributed by atoms with Crippen LogP contribution >= 0.6 is 15.9 Å². The average molecular weight is 362 g/mol. The number of benzene rings is 1. The summed E-state index contributed by atoms with van der Waals surface area (Å²) in [6.07, 6.45) is 3.77. The molecule has 1 unspecified atom stereocenters. The van der Waals surface area contributed by atoms with Gasteiger partial charge in [0.15, 0.2) is 0 Å². The maximum absolute atomic E-state index is 5.61. The molecule has 1 atom stereocenters. The summed E-state index contributed by atoms with van der Waals surface area (Å²) in [6, 6.07) is 10.5. The molecule has 3 rings (SSSR count). The van der Waals surface area contributed by atoms with Crippen molar-refractivity contribution in [2.45, 2.75) is 6.04 Å². The predicted molar refractivity (Wildman–Crippen MR) is 91.2 cm³/mol. The first-order chi connectivity index (χ1) is 10.8. The molecule has 116 valence electrons.